The molecule has 2 aromatic rings. The Labute approximate surface area is 112 Å². The van der Waals surface area contributed by atoms with Crippen molar-refractivity contribution in [1.82, 2.24) is 5.32 Å². The highest BCUT2D eigenvalue weighted by Gasteiger charge is 2.36. The van der Waals surface area contributed by atoms with E-state index in [4.69, 9.17) is 0 Å². The lowest BCUT2D eigenvalue weighted by Gasteiger charge is -2.20. The summed E-state index contributed by atoms with van der Waals surface area (Å²) in [7, 11) is 0. The molecule has 1 N–H and O–H groups in total. The van der Waals surface area contributed by atoms with Gasteiger partial charge in [-0.1, -0.05) is 12.1 Å². The van der Waals surface area contributed by atoms with Gasteiger partial charge in [0.15, 0.2) is 0 Å². The first-order valence-electron chi connectivity index (χ1n) is 6.94. The van der Waals surface area contributed by atoms with Crippen LogP contribution >= 0.6 is 0 Å². The summed E-state index contributed by atoms with van der Waals surface area (Å²) in [5, 5.41) is 5.56. The lowest BCUT2D eigenvalue weighted by Crippen LogP contribution is -2.25. The van der Waals surface area contributed by atoms with Crippen LogP contribution in [-0.2, 0) is 0 Å². The van der Waals surface area contributed by atoms with Gasteiger partial charge in [-0.05, 0) is 46.9 Å². The number of nitrogens with zero attached hydrogens (tertiary/aromatic N) is 1. The highest BCUT2D eigenvalue weighted by molar-refractivity contribution is 5.86. The van der Waals surface area contributed by atoms with Crippen LogP contribution in [0.1, 0.15) is 0 Å². The standard InChI is InChI=1S/C16H17FN2/c17-15-3-1-12-6-16(4-2-11(12)5-15)19-9-13-7-18-8-14(13)10-19/h1-6,13-14,18H,7-10H2. The van der Waals surface area contributed by atoms with Crippen molar-refractivity contribution in [2.75, 3.05) is 31.1 Å². The number of halogens is 1. The van der Waals surface area contributed by atoms with Crippen molar-refractivity contribution in [3.05, 3.63) is 42.2 Å². The summed E-state index contributed by atoms with van der Waals surface area (Å²) in [6.07, 6.45) is 0. The van der Waals surface area contributed by atoms with Crippen molar-refractivity contribution in [3.63, 3.8) is 0 Å². The molecule has 2 aliphatic rings. The van der Waals surface area contributed by atoms with Gasteiger partial charge in [0.2, 0.25) is 0 Å². The minimum absolute atomic E-state index is 0.165. The Hall–Kier alpha value is -1.61. The fraction of sp³-hybridized carbons (Fsp3) is 0.375. The van der Waals surface area contributed by atoms with Gasteiger partial charge in [0, 0.05) is 31.9 Å². The van der Waals surface area contributed by atoms with Crippen LogP contribution in [0.25, 0.3) is 10.8 Å². The first kappa shape index (κ1) is 11.2. The van der Waals surface area contributed by atoms with E-state index in [0.29, 0.717) is 0 Å². The molecule has 0 aromatic heterocycles. The van der Waals surface area contributed by atoms with Gasteiger partial charge in [0.1, 0.15) is 5.82 Å². The smallest absolute Gasteiger partial charge is 0.123 e. The molecule has 0 saturated carbocycles. The second-order valence-electron chi connectivity index (χ2n) is 5.76. The van der Waals surface area contributed by atoms with Crippen molar-refractivity contribution in [2.24, 2.45) is 11.8 Å². The summed E-state index contributed by atoms with van der Waals surface area (Å²) in [5.74, 6) is 1.43. The molecular weight excluding hydrogens is 239 g/mol. The average molecular weight is 256 g/mol. The molecule has 98 valence electrons. The minimum atomic E-state index is -0.165. The highest BCUT2D eigenvalue weighted by Crippen LogP contribution is 2.32. The van der Waals surface area contributed by atoms with Crippen LogP contribution in [0.5, 0.6) is 0 Å². The van der Waals surface area contributed by atoms with E-state index < -0.39 is 0 Å². The molecule has 2 aromatic carbocycles. The van der Waals surface area contributed by atoms with E-state index in [9.17, 15) is 4.39 Å². The van der Waals surface area contributed by atoms with Crippen molar-refractivity contribution < 1.29 is 4.39 Å². The first-order chi connectivity index (χ1) is 9.29. The van der Waals surface area contributed by atoms with Crippen LogP contribution in [0.4, 0.5) is 10.1 Å². The average Bonchev–Trinajstić information content (AvgIpc) is 2.98. The molecule has 0 spiro atoms. The van der Waals surface area contributed by atoms with Crippen molar-refractivity contribution in [3.8, 4) is 0 Å². The third kappa shape index (κ3) is 1.89. The topological polar surface area (TPSA) is 15.3 Å². The third-order valence-corrected chi connectivity index (χ3v) is 4.54. The van der Waals surface area contributed by atoms with E-state index in [-0.39, 0.29) is 5.82 Å². The Morgan fingerprint density at radius 1 is 0.947 bits per heavy atom. The normalized spacial score (nSPS) is 26.1. The van der Waals surface area contributed by atoms with Gasteiger partial charge in [-0.15, -0.1) is 0 Å². The Morgan fingerprint density at radius 2 is 1.63 bits per heavy atom. The molecular formula is C16H17FN2. The van der Waals surface area contributed by atoms with Gasteiger partial charge in [0.05, 0.1) is 0 Å². The summed E-state index contributed by atoms with van der Waals surface area (Å²) in [5.41, 5.74) is 1.27. The van der Waals surface area contributed by atoms with Crippen LogP contribution in [0.3, 0.4) is 0 Å². The quantitative estimate of drug-likeness (QED) is 0.844. The van der Waals surface area contributed by atoms with E-state index in [2.05, 4.69) is 22.3 Å². The number of fused-ring (bicyclic) bond motifs is 2. The van der Waals surface area contributed by atoms with Gasteiger partial charge < -0.3 is 10.2 Å². The van der Waals surface area contributed by atoms with Crippen LogP contribution < -0.4 is 10.2 Å². The molecule has 19 heavy (non-hydrogen) atoms. The molecule has 2 unspecified atom stereocenters. The molecule has 3 heteroatoms. The zero-order valence-electron chi connectivity index (χ0n) is 10.8. The van der Waals surface area contributed by atoms with Crippen molar-refractivity contribution in [1.29, 1.82) is 0 Å². The predicted molar refractivity (Wildman–Crippen MR) is 76.0 cm³/mol. The number of anilines is 1. The van der Waals surface area contributed by atoms with E-state index in [0.717, 1.165) is 48.8 Å². The van der Waals surface area contributed by atoms with Gasteiger partial charge in [-0.3, -0.25) is 0 Å². The fourth-order valence-corrected chi connectivity index (χ4v) is 3.47. The lowest BCUT2D eigenvalue weighted by atomic mass is 10.0. The SMILES string of the molecule is Fc1ccc2cc(N3CC4CNCC4C3)ccc2c1. The molecule has 4 rings (SSSR count). The Bertz CT molecular complexity index is 613. The van der Waals surface area contributed by atoms with E-state index in [1.807, 2.05) is 12.1 Å². The summed E-state index contributed by atoms with van der Waals surface area (Å²) < 4.78 is 13.2. The van der Waals surface area contributed by atoms with E-state index in [1.165, 1.54) is 11.8 Å². The van der Waals surface area contributed by atoms with Gasteiger partial charge in [-0.25, -0.2) is 4.39 Å². The van der Waals surface area contributed by atoms with E-state index >= 15 is 0 Å². The van der Waals surface area contributed by atoms with Gasteiger partial charge in [-0.2, -0.15) is 0 Å². The Balaban J connectivity index is 1.66. The number of nitrogens with one attached hydrogen (secondary N) is 1. The Morgan fingerprint density at radius 3 is 2.42 bits per heavy atom. The van der Waals surface area contributed by atoms with Crippen molar-refractivity contribution >= 4 is 16.5 Å². The molecule has 2 aliphatic heterocycles. The fourth-order valence-electron chi connectivity index (χ4n) is 3.47. The predicted octanol–water partition coefficient (Wildman–Crippen LogP) is 2.63. The molecule has 2 nitrogen and oxygen atoms in total. The first-order valence-corrected chi connectivity index (χ1v) is 6.94. The number of rotatable bonds is 1. The summed E-state index contributed by atoms with van der Waals surface area (Å²) >= 11 is 0. The minimum Gasteiger partial charge on any atom is -0.371 e. The van der Waals surface area contributed by atoms with Crippen LogP contribution in [0.2, 0.25) is 0 Å². The highest BCUT2D eigenvalue weighted by atomic mass is 19.1. The van der Waals surface area contributed by atoms with Gasteiger partial charge in [0.25, 0.3) is 0 Å². The number of benzene rings is 2. The van der Waals surface area contributed by atoms with Crippen LogP contribution in [-0.4, -0.2) is 26.2 Å². The second kappa shape index (κ2) is 4.20. The van der Waals surface area contributed by atoms with E-state index in [1.54, 1.807) is 6.07 Å². The monoisotopic (exact) mass is 256 g/mol. The molecule has 0 aliphatic carbocycles. The molecule has 0 amide bonds. The summed E-state index contributed by atoms with van der Waals surface area (Å²) in [6, 6.07) is 11.3. The molecule has 2 atom stereocenters. The van der Waals surface area contributed by atoms with Crippen LogP contribution in [0, 0.1) is 17.7 Å². The largest absolute Gasteiger partial charge is 0.371 e. The Kier molecular flexibility index (Phi) is 2.49. The number of hydrogen-bond donors (Lipinski definition) is 1. The molecule has 0 bridgehead atoms. The van der Waals surface area contributed by atoms with Crippen molar-refractivity contribution in [2.45, 2.75) is 0 Å². The summed E-state index contributed by atoms with van der Waals surface area (Å²) in [4.78, 5) is 2.47. The maximum Gasteiger partial charge on any atom is 0.123 e. The lowest BCUT2D eigenvalue weighted by molar-refractivity contribution is 0.533. The zero-order chi connectivity index (χ0) is 12.8. The second-order valence-corrected chi connectivity index (χ2v) is 5.76. The molecule has 2 heterocycles. The molecule has 2 saturated heterocycles. The summed E-state index contributed by atoms with van der Waals surface area (Å²) in [6.45, 7) is 4.59. The number of hydrogen-bond acceptors (Lipinski definition) is 2. The molecule has 2 fully saturated rings. The maximum atomic E-state index is 13.2. The molecule has 0 radical (unpaired) electrons. The maximum absolute atomic E-state index is 13.2. The van der Waals surface area contributed by atoms with Gasteiger partial charge >= 0.3 is 0 Å². The van der Waals surface area contributed by atoms with Crippen LogP contribution in [0.15, 0.2) is 36.4 Å². The third-order valence-electron chi connectivity index (χ3n) is 4.54. The zero-order valence-corrected chi connectivity index (χ0v) is 10.8.